The quantitative estimate of drug-likeness (QED) is 0.860. The molecule has 1 aromatic carbocycles. The van der Waals surface area contributed by atoms with Crippen LogP contribution >= 0.6 is 0 Å². The Kier molecular flexibility index (Phi) is 5.25. The summed E-state index contributed by atoms with van der Waals surface area (Å²) >= 11 is 0. The maximum absolute atomic E-state index is 12.4. The smallest absolute Gasteiger partial charge is 0.335 e. The predicted octanol–water partition coefficient (Wildman–Crippen LogP) is 1.62. The minimum Gasteiger partial charge on any atom is -0.478 e. The number of hydrogen-bond acceptors (Lipinski definition) is 4. The molecule has 0 aliphatic heterocycles. The topological polar surface area (TPSA) is 98.5 Å². The fourth-order valence-corrected chi connectivity index (χ4v) is 3.24. The summed E-state index contributed by atoms with van der Waals surface area (Å²) < 4.78 is 25.9. The largest absolute Gasteiger partial charge is 0.478 e. The van der Waals surface area contributed by atoms with Crippen molar-refractivity contribution >= 4 is 16.0 Å². The number of carboxylic acids is 1. The van der Waals surface area contributed by atoms with E-state index in [9.17, 15) is 13.2 Å². The van der Waals surface area contributed by atoms with E-state index >= 15 is 0 Å². The van der Waals surface area contributed by atoms with E-state index in [0.29, 0.717) is 5.56 Å². The zero-order valence-electron chi connectivity index (χ0n) is 11.3. The van der Waals surface area contributed by atoms with Gasteiger partial charge in [-0.25, -0.2) is 13.2 Å². The van der Waals surface area contributed by atoms with Crippen LogP contribution in [-0.2, 0) is 10.0 Å². The number of aryl methyl sites for hydroxylation is 1. The zero-order chi connectivity index (χ0) is 15.3. The summed E-state index contributed by atoms with van der Waals surface area (Å²) in [5.41, 5.74) is 0.457. The fraction of sp³-hybridized carbons (Fsp3) is 0.385. The predicted molar refractivity (Wildman–Crippen MR) is 72.8 cm³/mol. The molecular formula is C13H16N2O4S. The molecule has 7 heteroatoms. The molecule has 0 bridgehead atoms. The van der Waals surface area contributed by atoms with E-state index in [4.69, 9.17) is 10.4 Å². The van der Waals surface area contributed by atoms with Crippen LogP contribution in [0.4, 0.5) is 0 Å². The van der Waals surface area contributed by atoms with Crippen molar-refractivity contribution in [1.82, 2.24) is 4.31 Å². The van der Waals surface area contributed by atoms with Gasteiger partial charge in [0.15, 0.2) is 0 Å². The number of carbonyl (C=O) groups is 1. The van der Waals surface area contributed by atoms with E-state index in [-0.39, 0.29) is 30.0 Å². The van der Waals surface area contributed by atoms with Crippen molar-refractivity contribution in [3.05, 3.63) is 29.3 Å². The second kappa shape index (κ2) is 6.50. The molecule has 0 radical (unpaired) electrons. The van der Waals surface area contributed by atoms with Crippen LogP contribution in [0.5, 0.6) is 0 Å². The van der Waals surface area contributed by atoms with E-state index in [2.05, 4.69) is 0 Å². The number of rotatable bonds is 6. The molecule has 108 valence electrons. The fourth-order valence-electron chi connectivity index (χ4n) is 1.76. The van der Waals surface area contributed by atoms with Crippen molar-refractivity contribution in [3.8, 4) is 6.07 Å². The van der Waals surface area contributed by atoms with Gasteiger partial charge in [0, 0.05) is 19.5 Å². The summed E-state index contributed by atoms with van der Waals surface area (Å²) in [6.07, 6.45) is 0.0880. The van der Waals surface area contributed by atoms with Crippen LogP contribution in [0.3, 0.4) is 0 Å². The maximum atomic E-state index is 12.4. The van der Waals surface area contributed by atoms with Gasteiger partial charge < -0.3 is 5.11 Å². The van der Waals surface area contributed by atoms with Crippen LogP contribution in [0.25, 0.3) is 0 Å². The summed E-state index contributed by atoms with van der Waals surface area (Å²) in [4.78, 5) is 11.0. The number of carboxylic acid groups (broad SMARTS) is 1. The van der Waals surface area contributed by atoms with Crippen molar-refractivity contribution < 1.29 is 18.3 Å². The molecule has 20 heavy (non-hydrogen) atoms. The van der Waals surface area contributed by atoms with E-state index in [0.717, 1.165) is 10.4 Å². The van der Waals surface area contributed by atoms with Gasteiger partial charge in [-0.05, 0) is 24.6 Å². The monoisotopic (exact) mass is 296 g/mol. The summed E-state index contributed by atoms with van der Waals surface area (Å²) in [5, 5.41) is 17.6. The third kappa shape index (κ3) is 3.35. The average molecular weight is 296 g/mol. The van der Waals surface area contributed by atoms with Gasteiger partial charge in [-0.3, -0.25) is 0 Å². The van der Waals surface area contributed by atoms with E-state index in [1.807, 2.05) is 6.07 Å². The molecule has 0 heterocycles. The molecule has 0 aliphatic carbocycles. The first-order valence-electron chi connectivity index (χ1n) is 6.05. The molecular weight excluding hydrogens is 280 g/mol. The number of benzene rings is 1. The van der Waals surface area contributed by atoms with E-state index in [1.165, 1.54) is 12.1 Å². The zero-order valence-corrected chi connectivity index (χ0v) is 12.1. The highest BCUT2D eigenvalue weighted by Gasteiger charge is 2.24. The summed E-state index contributed by atoms with van der Waals surface area (Å²) in [7, 11) is -3.78. The van der Waals surface area contributed by atoms with Crippen molar-refractivity contribution in [2.75, 3.05) is 13.1 Å². The second-order valence-electron chi connectivity index (χ2n) is 4.19. The molecule has 1 rings (SSSR count). The van der Waals surface area contributed by atoms with E-state index in [1.54, 1.807) is 13.8 Å². The number of nitrogens with zero attached hydrogens (tertiary/aromatic N) is 2. The number of nitriles is 1. The molecule has 6 nitrogen and oxygen atoms in total. The Hall–Kier alpha value is -1.91. The van der Waals surface area contributed by atoms with Crippen LogP contribution in [-0.4, -0.2) is 36.9 Å². The molecule has 1 N–H and O–H groups in total. The van der Waals surface area contributed by atoms with Gasteiger partial charge in [0.1, 0.15) is 0 Å². The highest BCUT2D eigenvalue weighted by molar-refractivity contribution is 7.89. The van der Waals surface area contributed by atoms with Gasteiger partial charge in [0.25, 0.3) is 0 Å². The third-order valence-corrected chi connectivity index (χ3v) is 4.87. The van der Waals surface area contributed by atoms with E-state index < -0.39 is 16.0 Å². The number of sulfonamides is 1. The maximum Gasteiger partial charge on any atom is 0.335 e. The van der Waals surface area contributed by atoms with Crippen LogP contribution < -0.4 is 0 Å². The summed E-state index contributed by atoms with van der Waals surface area (Å²) in [5.74, 6) is -1.17. The van der Waals surface area contributed by atoms with Gasteiger partial charge in [0.05, 0.1) is 16.5 Å². The molecule has 0 saturated heterocycles. The first-order valence-corrected chi connectivity index (χ1v) is 7.49. The molecule has 0 unspecified atom stereocenters. The molecule has 0 atom stereocenters. The average Bonchev–Trinajstić information content (AvgIpc) is 2.39. The minimum absolute atomic E-state index is 0.0394. The van der Waals surface area contributed by atoms with Crippen molar-refractivity contribution in [1.29, 1.82) is 5.26 Å². The summed E-state index contributed by atoms with van der Waals surface area (Å²) in [6.45, 7) is 3.58. The molecule has 0 aliphatic rings. The Balaban J connectivity index is 3.25. The normalized spacial score (nSPS) is 11.3. The SMILES string of the molecule is CCN(CCC#N)S(=O)(=O)c1ccc(C)c(C(=O)O)c1. The molecule has 0 fully saturated rings. The lowest BCUT2D eigenvalue weighted by atomic mass is 10.1. The van der Waals surface area contributed by atoms with Crippen molar-refractivity contribution in [2.45, 2.75) is 25.2 Å². The lowest BCUT2D eigenvalue weighted by Gasteiger charge is -2.19. The third-order valence-electron chi connectivity index (χ3n) is 2.90. The molecule has 1 aromatic rings. The number of hydrogen-bond donors (Lipinski definition) is 1. The van der Waals surface area contributed by atoms with Crippen LogP contribution in [0.15, 0.2) is 23.1 Å². The summed E-state index contributed by atoms with van der Waals surface area (Å²) in [6, 6.07) is 5.90. The van der Waals surface area contributed by atoms with Gasteiger partial charge in [-0.15, -0.1) is 0 Å². The van der Waals surface area contributed by atoms with Gasteiger partial charge in [-0.2, -0.15) is 9.57 Å². The lowest BCUT2D eigenvalue weighted by Crippen LogP contribution is -2.31. The van der Waals surface area contributed by atoms with Gasteiger partial charge in [-0.1, -0.05) is 13.0 Å². The number of aromatic carboxylic acids is 1. The minimum atomic E-state index is -3.78. The Morgan fingerprint density at radius 3 is 2.60 bits per heavy atom. The standard InChI is InChI=1S/C13H16N2O4S/c1-3-15(8-4-7-14)20(18,19)11-6-5-10(2)12(9-11)13(16)17/h5-6,9H,3-4,8H2,1-2H3,(H,16,17). The van der Waals surface area contributed by atoms with Crippen molar-refractivity contribution in [3.63, 3.8) is 0 Å². The first kappa shape index (κ1) is 16.1. The second-order valence-corrected chi connectivity index (χ2v) is 6.12. The molecule has 0 saturated carbocycles. The first-order chi connectivity index (χ1) is 9.34. The van der Waals surface area contributed by atoms with Gasteiger partial charge >= 0.3 is 5.97 Å². The Bertz CT molecular complexity index is 647. The molecule has 0 aromatic heterocycles. The Labute approximate surface area is 118 Å². The Morgan fingerprint density at radius 1 is 1.45 bits per heavy atom. The van der Waals surface area contributed by atoms with Crippen LogP contribution in [0, 0.1) is 18.3 Å². The highest BCUT2D eigenvalue weighted by Crippen LogP contribution is 2.19. The lowest BCUT2D eigenvalue weighted by molar-refractivity contribution is 0.0696. The Morgan fingerprint density at radius 2 is 2.10 bits per heavy atom. The van der Waals surface area contributed by atoms with Crippen LogP contribution in [0.1, 0.15) is 29.3 Å². The van der Waals surface area contributed by atoms with Gasteiger partial charge in [0.2, 0.25) is 10.0 Å². The van der Waals surface area contributed by atoms with Crippen molar-refractivity contribution in [2.24, 2.45) is 0 Å². The molecule has 0 amide bonds. The molecule has 0 spiro atoms. The highest BCUT2D eigenvalue weighted by atomic mass is 32.2. The van der Waals surface area contributed by atoms with Crippen LogP contribution in [0.2, 0.25) is 0 Å².